The second-order valence-corrected chi connectivity index (χ2v) is 12.4. The molecule has 226 valence electrons. The van der Waals surface area contributed by atoms with Crippen molar-refractivity contribution in [1.29, 1.82) is 0 Å². The van der Waals surface area contributed by atoms with E-state index in [4.69, 9.17) is 0 Å². The minimum atomic E-state index is -0.194. The molecule has 8 aromatic carbocycles. The molecule has 10 aromatic rings. The molecule has 4 heteroatoms. The van der Waals surface area contributed by atoms with E-state index >= 15 is 4.39 Å². The fourth-order valence-electron chi connectivity index (χ4n) is 7.54. The number of fused-ring (bicyclic) bond motifs is 2. The van der Waals surface area contributed by atoms with E-state index in [-0.39, 0.29) is 5.82 Å². The lowest BCUT2D eigenvalue weighted by Gasteiger charge is -2.28. The van der Waals surface area contributed by atoms with Crippen LogP contribution in [0.4, 0.5) is 21.5 Å². The Bertz CT molecular complexity index is 2680. The second kappa shape index (κ2) is 10.3. The van der Waals surface area contributed by atoms with Crippen molar-refractivity contribution < 1.29 is 4.39 Å². The van der Waals surface area contributed by atoms with Crippen molar-refractivity contribution >= 4 is 71.2 Å². The summed E-state index contributed by atoms with van der Waals surface area (Å²) >= 11 is 0. The number of aromatic nitrogens is 2. The maximum absolute atomic E-state index is 15.1. The van der Waals surface area contributed by atoms with Gasteiger partial charge in [-0.1, -0.05) is 72.8 Å². The lowest BCUT2D eigenvalue weighted by Crippen LogP contribution is -2.11. The van der Waals surface area contributed by atoms with Crippen LogP contribution in [0.25, 0.3) is 65.5 Å². The summed E-state index contributed by atoms with van der Waals surface area (Å²) in [7, 11) is 0. The molecule has 0 saturated carbocycles. The van der Waals surface area contributed by atoms with E-state index < -0.39 is 0 Å². The summed E-state index contributed by atoms with van der Waals surface area (Å²) in [5.74, 6) is -0.194. The molecule has 0 atom stereocenters. The molecule has 0 amide bonds. The molecule has 0 N–H and O–H groups in total. The summed E-state index contributed by atoms with van der Waals surface area (Å²) in [4.78, 5) is 2.35. The average molecular weight is 618 g/mol. The monoisotopic (exact) mass is 617 g/mol. The molecule has 10 rings (SSSR count). The van der Waals surface area contributed by atoms with Gasteiger partial charge < -0.3 is 14.0 Å². The van der Waals surface area contributed by atoms with Crippen molar-refractivity contribution in [1.82, 2.24) is 9.13 Å². The maximum Gasteiger partial charge on any atom is 0.131 e. The van der Waals surface area contributed by atoms with Crippen molar-refractivity contribution in [3.63, 3.8) is 0 Å². The van der Waals surface area contributed by atoms with Crippen molar-refractivity contribution in [2.45, 2.75) is 0 Å². The average Bonchev–Trinajstić information content (AvgIpc) is 3.77. The first kappa shape index (κ1) is 26.8. The third-order valence-corrected chi connectivity index (χ3v) is 9.76. The van der Waals surface area contributed by atoms with E-state index in [9.17, 15) is 0 Å². The van der Waals surface area contributed by atoms with Crippen LogP contribution in [0.3, 0.4) is 0 Å². The molecule has 0 radical (unpaired) electrons. The Morgan fingerprint density at radius 1 is 0.417 bits per heavy atom. The number of rotatable bonds is 5. The number of hydrogen-bond acceptors (Lipinski definition) is 1. The van der Waals surface area contributed by atoms with Gasteiger partial charge in [-0.15, -0.1) is 0 Å². The van der Waals surface area contributed by atoms with Gasteiger partial charge in [-0.05, 0) is 101 Å². The SMILES string of the molecule is Fc1ccc2ccc3c(N(c4ccc5c(ccn5-c5ccccc5)c4)c4ccc5c(ccn5-c5ccccc5)c4)ccc4ccc1c2c43. The fourth-order valence-corrected chi connectivity index (χ4v) is 7.54. The summed E-state index contributed by atoms with van der Waals surface area (Å²) < 4.78 is 19.6. The Morgan fingerprint density at radius 3 is 1.50 bits per heavy atom. The Hall–Kier alpha value is -6.39. The van der Waals surface area contributed by atoms with E-state index in [1.807, 2.05) is 30.3 Å². The molecule has 0 aliphatic rings. The first-order chi connectivity index (χ1) is 23.7. The number of para-hydroxylation sites is 2. The minimum Gasteiger partial charge on any atom is -0.317 e. The van der Waals surface area contributed by atoms with Gasteiger partial charge in [-0.25, -0.2) is 4.39 Å². The normalized spacial score (nSPS) is 11.9. The molecule has 0 saturated heterocycles. The van der Waals surface area contributed by atoms with Gasteiger partial charge in [0.2, 0.25) is 0 Å². The van der Waals surface area contributed by atoms with Crippen molar-refractivity contribution in [3.8, 4) is 11.4 Å². The van der Waals surface area contributed by atoms with Crippen LogP contribution in [-0.2, 0) is 0 Å². The van der Waals surface area contributed by atoms with Crippen LogP contribution in [0.2, 0.25) is 0 Å². The summed E-state index contributed by atoms with van der Waals surface area (Å²) in [6, 6.07) is 54.7. The number of benzene rings is 8. The second-order valence-electron chi connectivity index (χ2n) is 12.4. The number of anilines is 3. The van der Waals surface area contributed by atoms with Crippen LogP contribution in [0.1, 0.15) is 0 Å². The Morgan fingerprint density at radius 2 is 0.917 bits per heavy atom. The van der Waals surface area contributed by atoms with E-state index in [0.29, 0.717) is 5.39 Å². The highest BCUT2D eigenvalue weighted by Crippen LogP contribution is 2.45. The van der Waals surface area contributed by atoms with Gasteiger partial charge in [-0.2, -0.15) is 0 Å². The third kappa shape index (κ3) is 3.99. The van der Waals surface area contributed by atoms with Crippen molar-refractivity contribution in [2.75, 3.05) is 4.90 Å². The standard InChI is InChI=1S/C44H28FN3/c45-39-19-13-29-12-18-38-42(20-14-30-11-17-37(39)43(29)44(30)38)48(35-15-21-40-31(27-35)23-25-46(40)33-7-3-1-4-8-33)36-16-22-41-32(28-36)24-26-47(41)34-9-5-2-6-10-34/h1-28H. The first-order valence-electron chi connectivity index (χ1n) is 16.2. The van der Waals surface area contributed by atoms with E-state index in [2.05, 4.69) is 148 Å². The molecule has 2 aromatic heterocycles. The van der Waals surface area contributed by atoms with E-state index in [1.54, 1.807) is 6.07 Å². The van der Waals surface area contributed by atoms with Gasteiger partial charge in [0.25, 0.3) is 0 Å². The van der Waals surface area contributed by atoms with Crippen LogP contribution >= 0.6 is 0 Å². The van der Waals surface area contributed by atoms with Crippen LogP contribution in [0.15, 0.2) is 170 Å². The summed E-state index contributed by atoms with van der Waals surface area (Å²) in [5, 5.41) is 8.23. The predicted octanol–water partition coefficient (Wildman–Crippen LogP) is 12.1. The smallest absolute Gasteiger partial charge is 0.131 e. The Kier molecular flexibility index (Phi) is 5.75. The third-order valence-electron chi connectivity index (χ3n) is 9.76. The summed E-state index contributed by atoms with van der Waals surface area (Å²) in [6.45, 7) is 0. The Balaban J connectivity index is 1.21. The molecule has 0 spiro atoms. The zero-order chi connectivity index (χ0) is 31.8. The van der Waals surface area contributed by atoms with Crippen LogP contribution in [0, 0.1) is 5.82 Å². The zero-order valence-electron chi connectivity index (χ0n) is 25.9. The lowest BCUT2D eigenvalue weighted by molar-refractivity contribution is 0.640. The number of halogens is 1. The quantitative estimate of drug-likeness (QED) is 0.175. The molecule has 2 heterocycles. The van der Waals surface area contributed by atoms with Gasteiger partial charge >= 0.3 is 0 Å². The lowest BCUT2D eigenvalue weighted by atomic mass is 9.92. The highest BCUT2D eigenvalue weighted by molar-refractivity contribution is 6.26. The molecule has 0 aliphatic carbocycles. The molecule has 3 nitrogen and oxygen atoms in total. The predicted molar refractivity (Wildman–Crippen MR) is 198 cm³/mol. The highest BCUT2D eigenvalue weighted by Gasteiger charge is 2.20. The van der Waals surface area contributed by atoms with E-state index in [1.165, 1.54) is 0 Å². The van der Waals surface area contributed by atoms with Gasteiger partial charge in [0, 0.05) is 62.1 Å². The van der Waals surface area contributed by atoms with Crippen LogP contribution < -0.4 is 4.90 Å². The first-order valence-corrected chi connectivity index (χ1v) is 16.2. The molecule has 48 heavy (non-hydrogen) atoms. The molecular formula is C44H28FN3. The topological polar surface area (TPSA) is 13.1 Å². The molecule has 0 aliphatic heterocycles. The number of nitrogens with zero attached hydrogens (tertiary/aromatic N) is 3. The van der Waals surface area contributed by atoms with Crippen molar-refractivity contribution in [3.05, 3.63) is 176 Å². The summed E-state index contributed by atoms with van der Waals surface area (Å²) in [6.07, 6.45) is 4.27. The minimum absolute atomic E-state index is 0.194. The largest absolute Gasteiger partial charge is 0.317 e. The van der Waals surface area contributed by atoms with Gasteiger partial charge in [0.15, 0.2) is 0 Å². The van der Waals surface area contributed by atoms with Crippen LogP contribution in [0.5, 0.6) is 0 Å². The van der Waals surface area contributed by atoms with Gasteiger partial charge in [0.05, 0.1) is 16.7 Å². The van der Waals surface area contributed by atoms with Crippen LogP contribution in [-0.4, -0.2) is 9.13 Å². The van der Waals surface area contributed by atoms with E-state index in [0.717, 1.165) is 77.2 Å². The van der Waals surface area contributed by atoms with Gasteiger partial charge in [-0.3, -0.25) is 0 Å². The highest BCUT2D eigenvalue weighted by atomic mass is 19.1. The molecular weight excluding hydrogens is 590 g/mol. The van der Waals surface area contributed by atoms with Crippen molar-refractivity contribution in [2.24, 2.45) is 0 Å². The molecule has 0 fully saturated rings. The maximum atomic E-state index is 15.1. The Labute approximate surface area is 276 Å². The zero-order valence-corrected chi connectivity index (χ0v) is 25.9. The molecule has 0 unspecified atom stereocenters. The fraction of sp³-hybridized carbons (Fsp3) is 0. The van der Waals surface area contributed by atoms with Gasteiger partial charge in [0.1, 0.15) is 5.82 Å². The number of hydrogen-bond donors (Lipinski definition) is 0. The molecule has 0 bridgehead atoms. The summed E-state index contributed by atoms with van der Waals surface area (Å²) in [5.41, 5.74) is 7.70.